The van der Waals surface area contributed by atoms with E-state index in [2.05, 4.69) is 25.5 Å². The van der Waals surface area contributed by atoms with Gasteiger partial charge in [-0.1, -0.05) is 30.3 Å². The number of methoxy groups -OCH3 is 2. The van der Waals surface area contributed by atoms with Crippen molar-refractivity contribution < 1.29 is 9.47 Å². The van der Waals surface area contributed by atoms with E-state index in [1.807, 2.05) is 68.7 Å². The van der Waals surface area contributed by atoms with Crippen molar-refractivity contribution in [1.29, 1.82) is 0 Å². The van der Waals surface area contributed by atoms with Gasteiger partial charge in [0.15, 0.2) is 0 Å². The van der Waals surface area contributed by atoms with Crippen LogP contribution in [0.5, 0.6) is 11.5 Å². The molecule has 1 aromatic heterocycles. The van der Waals surface area contributed by atoms with Crippen LogP contribution >= 0.6 is 0 Å². The lowest BCUT2D eigenvalue weighted by Gasteiger charge is -2.15. The molecular weight excluding hydrogens is 366 g/mol. The number of hydrogen-bond acceptors (Lipinski definition) is 7. The van der Waals surface area contributed by atoms with Crippen LogP contribution < -0.4 is 20.1 Å². The molecule has 2 N–H and O–H groups in total. The van der Waals surface area contributed by atoms with E-state index < -0.39 is 0 Å². The second-order valence-corrected chi connectivity index (χ2v) is 6.75. The first-order chi connectivity index (χ1) is 14.1. The number of nitrogens with one attached hydrogen (secondary N) is 2. The molecule has 0 aliphatic carbocycles. The Morgan fingerprint density at radius 3 is 2.41 bits per heavy atom. The molecule has 0 fully saturated rings. The molecule has 1 heterocycles. The minimum absolute atomic E-state index is 0.572. The number of anilines is 3. The fraction of sp³-hybridized carbons (Fsp3) is 0.273. The Hall–Kier alpha value is -3.32. The van der Waals surface area contributed by atoms with E-state index in [-0.39, 0.29) is 0 Å². The SMILES string of the molecule is COc1ccc(Nc2cc(-c3ccccc3)nc(NCCN(C)C)n2)c(OC)c1. The van der Waals surface area contributed by atoms with E-state index in [1.54, 1.807) is 14.2 Å². The largest absolute Gasteiger partial charge is 0.497 e. The molecule has 0 aliphatic rings. The molecule has 0 unspecified atom stereocenters. The maximum Gasteiger partial charge on any atom is 0.225 e. The molecule has 3 rings (SSSR count). The maximum absolute atomic E-state index is 5.49. The van der Waals surface area contributed by atoms with Gasteiger partial charge in [0.2, 0.25) is 5.95 Å². The third-order valence-corrected chi connectivity index (χ3v) is 4.31. The molecule has 7 nitrogen and oxygen atoms in total. The number of rotatable bonds is 9. The number of aromatic nitrogens is 2. The van der Waals surface area contributed by atoms with Crippen LogP contribution in [0.3, 0.4) is 0 Å². The summed E-state index contributed by atoms with van der Waals surface area (Å²) in [6, 6.07) is 17.6. The van der Waals surface area contributed by atoms with Crippen LogP contribution in [0.25, 0.3) is 11.3 Å². The number of nitrogens with zero attached hydrogens (tertiary/aromatic N) is 3. The number of benzene rings is 2. The Balaban J connectivity index is 1.92. The summed E-state index contributed by atoms with van der Waals surface area (Å²) in [6.45, 7) is 1.63. The smallest absolute Gasteiger partial charge is 0.225 e. The topological polar surface area (TPSA) is 71.5 Å². The molecule has 0 amide bonds. The summed E-state index contributed by atoms with van der Waals surface area (Å²) in [7, 11) is 7.32. The fourth-order valence-electron chi connectivity index (χ4n) is 2.78. The van der Waals surface area contributed by atoms with Gasteiger partial charge in [0.25, 0.3) is 0 Å². The van der Waals surface area contributed by atoms with Gasteiger partial charge in [-0.25, -0.2) is 4.98 Å². The fourth-order valence-corrected chi connectivity index (χ4v) is 2.78. The van der Waals surface area contributed by atoms with Crippen LogP contribution in [-0.4, -0.2) is 56.3 Å². The Labute approximate surface area is 171 Å². The second kappa shape index (κ2) is 9.75. The van der Waals surface area contributed by atoms with Crippen LogP contribution in [0.2, 0.25) is 0 Å². The summed E-state index contributed by atoms with van der Waals surface area (Å²) in [5.74, 6) is 2.65. The highest BCUT2D eigenvalue weighted by Gasteiger charge is 2.10. The van der Waals surface area contributed by atoms with Crippen LogP contribution in [0.4, 0.5) is 17.5 Å². The van der Waals surface area contributed by atoms with Gasteiger partial charge >= 0.3 is 0 Å². The first-order valence-corrected chi connectivity index (χ1v) is 9.41. The first kappa shape index (κ1) is 20.4. The lowest BCUT2D eigenvalue weighted by Crippen LogP contribution is -2.21. The molecule has 152 valence electrons. The molecule has 7 heteroatoms. The van der Waals surface area contributed by atoms with Crippen molar-refractivity contribution in [2.45, 2.75) is 0 Å². The van der Waals surface area contributed by atoms with E-state index in [4.69, 9.17) is 9.47 Å². The molecule has 3 aromatic rings. The molecule has 0 atom stereocenters. The summed E-state index contributed by atoms with van der Waals surface area (Å²) in [4.78, 5) is 11.4. The molecule has 0 aliphatic heterocycles. The lowest BCUT2D eigenvalue weighted by atomic mass is 10.1. The zero-order valence-corrected chi connectivity index (χ0v) is 17.3. The summed E-state index contributed by atoms with van der Waals surface area (Å²) in [5.41, 5.74) is 2.66. The van der Waals surface area contributed by atoms with Crippen molar-refractivity contribution in [3.05, 3.63) is 54.6 Å². The zero-order chi connectivity index (χ0) is 20.6. The molecule has 29 heavy (non-hydrogen) atoms. The average Bonchev–Trinajstić information content (AvgIpc) is 2.74. The Kier molecular flexibility index (Phi) is 6.86. The average molecular weight is 393 g/mol. The Morgan fingerprint density at radius 1 is 0.931 bits per heavy atom. The van der Waals surface area contributed by atoms with Gasteiger partial charge in [-0.15, -0.1) is 0 Å². The van der Waals surface area contributed by atoms with Crippen LogP contribution in [0, 0.1) is 0 Å². The predicted molar refractivity (Wildman–Crippen MR) is 117 cm³/mol. The number of ether oxygens (including phenoxy) is 2. The van der Waals surface area contributed by atoms with Gasteiger partial charge in [0, 0.05) is 30.8 Å². The molecule has 0 spiro atoms. The number of hydrogen-bond donors (Lipinski definition) is 2. The minimum Gasteiger partial charge on any atom is -0.497 e. The van der Waals surface area contributed by atoms with Crippen molar-refractivity contribution in [2.75, 3.05) is 52.0 Å². The Bertz CT molecular complexity index is 932. The van der Waals surface area contributed by atoms with Crippen molar-refractivity contribution in [2.24, 2.45) is 0 Å². The summed E-state index contributed by atoms with van der Waals surface area (Å²) < 4.78 is 10.8. The quantitative estimate of drug-likeness (QED) is 0.572. The zero-order valence-electron chi connectivity index (χ0n) is 17.3. The third-order valence-electron chi connectivity index (χ3n) is 4.31. The van der Waals surface area contributed by atoms with Crippen molar-refractivity contribution >= 4 is 17.5 Å². The highest BCUT2D eigenvalue weighted by Crippen LogP contribution is 2.32. The second-order valence-electron chi connectivity index (χ2n) is 6.75. The minimum atomic E-state index is 0.572. The third kappa shape index (κ3) is 5.58. The van der Waals surface area contributed by atoms with Crippen molar-refractivity contribution in [3.63, 3.8) is 0 Å². The molecular formula is C22H27N5O2. The van der Waals surface area contributed by atoms with Crippen LogP contribution in [-0.2, 0) is 0 Å². The van der Waals surface area contributed by atoms with E-state index >= 15 is 0 Å². The highest BCUT2D eigenvalue weighted by molar-refractivity contribution is 5.70. The van der Waals surface area contributed by atoms with Crippen molar-refractivity contribution in [1.82, 2.24) is 14.9 Å². The highest BCUT2D eigenvalue weighted by atomic mass is 16.5. The lowest BCUT2D eigenvalue weighted by molar-refractivity contribution is 0.395. The maximum atomic E-state index is 5.49. The summed E-state index contributed by atoms with van der Waals surface area (Å²) in [5, 5.41) is 6.65. The standard InChI is InChI=1S/C22H27N5O2/c1-27(2)13-12-23-22-25-19(16-8-6-5-7-9-16)15-21(26-22)24-18-11-10-17(28-3)14-20(18)29-4/h5-11,14-15H,12-13H2,1-4H3,(H2,23,24,25,26). The number of likely N-dealkylation sites (N-methyl/N-ethyl adjacent to an activating group) is 1. The first-order valence-electron chi connectivity index (χ1n) is 9.41. The van der Waals surface area contributed by atoms with Gasteiger partial charge < -0.3 is 25.0 Å². The van der Waals surface area contributed by atoms with Gasteiger partial charge in [0.1, 0.15) is 17.3 Å². The van der Waals surface area contributed by atoms with E-state index in [0.717, 1.165) is 35.8 Å². The molecule has 0 saturated carbocycles. The normalized spacial score (nSPS) is 10.7. The van der Waals surface area contributed by atoms with Gasteiger partial charge in [0.05, 0.1) is 25.6 Å². The molecule has 0 radical (unpaired) electrons. The van der Waals surface area contributed by atoms with Crippen LogP contribution in [0.15, 0.2) is 54.6 Å². The van der Waals surface area contributed by atoms with Gasteiger partial charge in [-0.3, -0.25) is 0 Å². The van der Waals surface area contributed by atoms with E-state index in [9.17, 15) is 0 Å². The Morgan fingerprint density at radius 2 is 1.72 bits per heavy atom. The predicted octanol–water partition coefficient (Wildman–Crippen LogP) is 3.88. The van der Waals surface area contributed by atoms with Crippen LogP contribution in [0.1, 0.15) is 0 Å². The van der Waals surface area contributed by atoms with E-state index in [0.29, 0.717) is 17.5 Å². The molecule has 2 aromatic carbocycles. The van der Waals surface area contributed by atoms with E-state index in [1.165, 1.54) is 0 Å². The molecule has 0 bridgehead atoms. The van der Waals surface area contributed by atoms with Gasteiger partial charge in [-0.2, -0.15) is 4.98 Å². The molecule has 0 saturated heterocycles. The van der Waals surface area contributed by atoms with Crippen molar-refractivity contribution in [3.8, 4) is 22.8 Å². The summed E-state index contributed by atoms with van der Waals surface area (Å²) in [6.07, 6.45) is 0. The summed E-state index contributed by atoms with van der Waals surface area (Å²) >= 11 is 0. The monoisotopic (exact) mass is 393 g/mol. The van der Waals surface area contributed by atoms with Gasteiger partial charge in [-0.05, 0) is 26.2 Å².